The molecule has 0 aromatic rings. The van der Waals surface area contributed by atoms with Gasteiger partial charge in [0.2, 0.25) is 10.0 Å². The van der Waals surface area contributed by atoms with Crippen LogP contribution in [-0.4, -0.2) is 46.3 Å². The van der Waals surface area contributed by atoms with E-state index in [0.29, 0.717) is 6.54 Å². The Morgan fingerprint density at radius 3 is 2.30 bits per heavy atom. The average molecular weight is 304 g/mol. The molecule has 6 nitrogen and oxygen atoms in total. The van der Waals surface area contributed by atoms with Gasteiger partial charge in [0.25, 0.3) is 0 Å². The molecule has 1 aliphatic rings. The highest BCUT2D eigenvalue weighted by molar-refractivity contribution is 7.88. The fourth-order valence-corrected chi connectivity index (χ4v) is 3.43. The van der Waals surface area contributed by atoms with Crippen molar-refractivity contribution in [1.82, 2.24) is 15.4 Å². The van der Waals surface area contributed by atoms with Gasteiger partial charge in [0.05, 0.1) is 6.26 Å². The summed E-state index contributed by atoms with van der Waals surface area (Å²) in [7, 11) is -3.15. The number of hydrogen-bond donors (Lipinski definition) is 3. The van der Waals surface area contributed by atoms with E-state index >= 15 is 0 Å². The predicted octanol–water partition coefficient (Wildman–Crippen LogP) is 0.669. The second-order valence-corrected chi connectivity index (χ2v) is 7.07. The monoisotopic (exact) mass is 304 g/mol. The quantitative estimate of drug-likeness (QED) is 0.497. The topological polar surface area (TPSA) is 82.6 Å². The molecule has 0 heterocycles. The molecule has 20 heavy (non-hydrogen) atoms. The molecule has 0 aliphatic heterocycles. The van der Waals surface area contributed by atoms with Crippen LogP contribution in [0, 0.1) is 5.92 Å². The molecular weight excluding hydrogens is 276 g/mol. The Morgan fingerprint density at radius 2 is 1.75 bits per heavy atom. The number of rotatable bonds is 6. The first-order valence-electron chi connectivity index (χ1n) is 7.45. The Bertz CT molecular complexity index is 401. The zero-order valence-electron chi connectivity index (χ0n) is 12.8. The highest BCUT2D eigenvalue weighted by Gasteiger charge is 2.27. The second-order valence-electron chi connectivity index (χ2n) is 5.29. The lowest BCUT2D eigenvalue weighted by molar-refractivity contribution is 0.296. The van der Waals surface area contributed by atoms with Gasteiger partial charge in [-0.15, -0.1) is 0 Å². The van der Waals surface area contributed by atoms with Crippen LogP contribution in [0.5, 0.6) is 0 Å². The summed E-state index contributed by atoms with van der Waals surface area (Å²) in [5, 5.41) is 6.37. The van der Waals surface area contributed by atoms with Gasteiger partial charge in [0, 0.05) is 25.7 Å². The minimum Gasteiger partial charge on any atom is -0.357 e. The van der Waals surface area contributed by atoms with Crippen molar-refractivity contribution in [2.75, 3.05) is 25.9 Å². The number of nitrogens with zero attached hydrogens (tertiary/aromatic N) is 1. The SMILES string of the molecule is CCNC(=NCC1CCCCC1NS(C)(=O)=O)NCC. The Kier molecular flexibility index (Phi) is 7.29. The number of aliphatic imine (C=N–C) groups is 1. The number of guanidine groups is 1. The smallest absolute Gasteiger partial charge is 0.208 e. The summed E-state index contributed by atoms with van der Waals surface area (Å²) in [4.78, 5) is 4.57. The molecule has 0 bridgehead atoms. The van der Waals surface area contributed by atoms with E-state index in [0.717, 1.165) is 44.7 Å². The van der Waals surface area contributed by atoms with E-state index in [2.05, 4.69) is 20.3 Å². The van der Waals surface area contributed by atoms with Crippen molar-refractivity contribution < 1.29 is 8.42 Å². The van der Waals surface area contributed by atoms with Crippen molar-refractivity contribution in [3.05, 3.63) is 0 Å². The fraction of sp³-hybridized carbons (Fsp3) is 0.923. The van der Waals surface area contributed by atoms with Crippen LogP contribution in [0.3, 0.4) is 0 Å². The van der Waals surface area contributed by atoms with Gasteiger partial charge >= 0.3 is 0 Å². The zero-order valence-corrected chi connectivity index (χ0v) is 13.6. The molecule has 1 fully saturated rings. The second kappa shape index (κ2) is 8.46. The van der Waals surface area contributed by atoms with Gasteiger partial charge in [0.15, 0.2) is 5.96 Å². The first-order valence-corrected chi connectivity index (χ1v) is 9.35. The lowest BCUT2D eigenvalue weighted by Gasteiger charge is -2.30. The van der Waals surface area contributed by atoms with E-state index in [4.69, 9.17) is 0 Å². The van der Waals surface area contributed by atoms with Crippen molar-refractivity contribution in [3.8, 4) is 0 Å². The predicted molar refractivity (Wildman–Crippen MR) is 83.4 cm³/mol. The molecule has 0 spiro atoms. The van der Waals surface area contributed by atoms with E-state index < -0.39 is 10.0 Å². The molecule has 7 heteroatoms. The molecule has 1 saturated carbocycles. The normalized spacial score (nSPS) is 23.1. The summed E-state index contributed by atoms with van der Waals surface area (Å²) in [6.45, 7) is 6.36. The van der Waals surface area contributed by atoms with E-state index in [1.54, 1.807) is 0 Å². The van der Waals surface area contributed by atoms with Gasteiger partial charge in [-0.2, -0.15) is 0 Å². The molecular formula is C13H28N4O2S. The highest BCUT2D eigenvalue weighted by atomic mass is 32.2. The van der Waals surface area contributed by atoms with Crippen LogP contribution in [0.2, 0.25) is 0 Å². The Labute approximate surface area is 122 Å². The van der Waals surface area contributed by atoms with Crippen molar-refractivity contribution in [3.63, 3.8) is 0 Å². The minimum atomic E-state index is -3.15. The molecule has 2 atom stereocenters. The molecule has 1 rings (SSSR count). The molecule has 1 aliphatic carbocycles. The Hall–Kier alpha value is -0.820. The van der Waals surface area contributed by atoms with Crippen LogP contribution in [0.4, 0.5) is 0 Å². The van der Waals surface area contributed by atoms with Gasteiger partial charge in [-0.05, 0) is 32.6 Å². The van der Waals surface area contributed by atoms with Crippen LogP contribution in [0.1, 0.15) is 39.5 Å². The molecule has 0 saturated heterocycles. The summed E-state index contributed by atoms with van der Waals surface area (Å²) in [5.41, 5.74) is 0. The van der Waals surface area contributed by atoms with Crippen molar-refractivity contribution in [1.29, 1.82) is 0 Å². The molecule has 0 aromatic carbocycles. The third kappa shape index (κ3) is 6.56. The minimum absolute atomic E-state index is 0.0204. The number of sulfonamides is 1. The molecule has 0 radical (unpaired) electrons. The summed E-state index contributed by atoms with van der Waals surface area (Å²) in [6, 6.07) is 0.0204. The van der Waals surface area contributed by atoms with Gasteiger partial charge in [-0.1, -0.05) is 12.8 Å². The van der Waals surface area contributed by atoms with Crippen LogP contribution >= 0.6 is 0 Å². The van der Waals surface area contributed by atoms with Crippen LogP contribution in [0.25, 0.3) is 0 Å². The lowest BCUT2D eigenvalue weighted by Crippen LogP contribution is -2.43. The van der Waals surface area contributed by atoms with E-state index in [1.165, 1.54) is 6.26 Å². The largest absolute Gasteiger partial charge is 0.357 e. The van der Waals surface area contributed by atoms with Crippen molar-refractivity contribution >= 4 is 16.0 Å². The number of hydrogen-bond acceptors (Lipinski definition) is 3. The van der Waals surface area contributed by atoms with E-state index in [9.17, 15) is 8.42 Å². The first kappa shape index (κ1) is 17.2. The molecule has 0 amide bonds. The molecule has 0 aromatic heterocycles. The third-order valence-corrected chi connectivity index (χ3v) is 4.18. The van der Waals surface area contributed by atoms with E-state index in [1.807, 2.05) is 13.8 Å². The number of nitrogens with one attached hydrogen (secondary N) is 3. The van der Waals surface area contributed by atoms with Crippen LogP contribution < -0.4 is 15.4 Å². The van der Waals surface area contributed by atoms with Gasteiger partial charge in [-0.3, -0.25) is 4.99 Å². The highest BCUT2D eigenvalue weighted by Crippen LogP contribution is 2.25. The average Bonchev–Trinajstić information content (AvgIpc) is 2.36. The van der Waals surface area contributed by atoms with Crippen LogP contribution in [0.15, 0.2) is 4.99 Å². The molecule has 118 valence electrons. The molecule has 3 N–H and O–H groups in total. The summed E-state index contributed by atoms with van der Waals surface area (Å²) in [6.07, 6.45) is 5.40. The third-order valence-electron chi connectivity index (χ3n) is 3.45. The van der Waals surface area contributed by atoms with E-state index in [-0.39, 0.29) is 12.0 Å². The maximum Gasteiger partial charge on any atom is 0.208 e. The van der Waals surface area contributed by atoms with Gasteiger partial charge < -0.3 is 10.6 Å². The summed E-state index contributed by atoms with van der Waals surface area (Å²) >= 11 is 0. The zero-order chi connectivity index (χ0) is 15.0. The van der Waals surface area contributed by atoms with Gasteiger partial charge in [0.1, 0.15) is 0 Å². The maximum absolute atomic E-state index is 11.4. The fourth-order valence-electron chi connectivity index (χ4n) is 2.57. The Balaban J connectivity index is 2.63. The van der Waals surface area contributed by atoms with Crippen molar-refractivity contribution in [2.24, 2.45) is 10.9 Å². The summed E-state index contributed by atoms with van der Waals surface area (Å²) in [5.74, 6) is 1.09. The lowest BCUT2D eigenvalue weighted by atomic mass is 9.85. The van der Waals surface area contributed by atoms with Crippen LogP contribution in [-0.2, 0) is 10.0 Å². The Morgan fingerprint density at radius 1 is 1.15 bits per heavy atom. The summed E-state index contributed by atoms with van der Waals surface area (Å²) < 4.78 is 25.6. The van der Waals surface area contributed by atoms with Crippen molar-refractivity contribution in [2.45, 2.75) is 45.6 Å². The first-order chi connectivity index (χ1) is 9.46. The maximum atomic E-state index is 11.4. The molecule has 2 unspecified atom stereocenters. The van der Waals surface area contributed by atoms with Gasteiger partial charge in [-0.25, -0.2) is 13.1 Å². The standard InChI is InChI=1S/C13H28N4O2S/c1-4-14-13(15-5-2)16-10-11-8-6-7-9-12(11)17-20(3,18)19/h11-12,17H,4-10H2,1-3H3,(H2,14,15,16).